The summed E-state index contributed by atoms with van der Waals surface area (Å²) in [6, 6.07) is 4.04. The van der Waals surface area contributed by atoms with Gasteiger partial charge in [-0.1, -0.05) is 0 Å². The third kappa shape index (κ3) is 3.46. The van der Waals surface area contributed by atoms with Crippen LogP contribution in [0.2, 0.25) is 0 Å². The first-order valence-corrected chi connectivity index (χ1v) is 4.25. The molecule has 0 fully saturated rings. The largest absolute Gasteiger partial charge is 0.391 e. The highest BCUT2D eigenvalue weighted by atomic mass is 16.3. The summed E-state index contributed by atoms with van der Waals surface area (Å²) in [4.78, 5) is 3.94. The van der Waals surface area contributed by atoms with Crippen LogP contribution in [0.15, 0.2) is 24.5 Å². The van der Waals surface area contributed by atoms with E-state index in [0.29, 0.717) is 0 Å². The summed E-state index contributed by atoms with van der Waals surface area (Å²) < 4.78 is 0. The van der Waals surface area contributed by atoms with E-state index in [0.717, 1.165) is 19.5 Å². The number of aliphatic hydroxyl groups is 1. The monoisotopic (exact) mass is 167 g/mol. The molecule has 66 valence electrons. The van der Waals surface area contributed by atoms with Gasteiger partial charge in [0.1, 0.15) is 0 Å². The first-order valence-electron chi connectivity index (χ1n) is 4.25. The number of nitrogens with zero attached hydrogens (tertiary/aromatic N) is 1. The van der Waals surface area contributed by atoms with E-state index in [9.17, 15) is 0 Å². The number of hydrogen-bond donors (Lipinski definition) is 2. The van der Waals surface area contributed by atoms with Gasteiger partial charge in [-0.05, 0) is 17.7 Å². The topological polar surface area (TPSA) is 49.7 Å². The van der Waals surface area contributed by atoms with Gasteiger partial charge in [0.2, 0.25) is 0 Å². The molecule has 3 heteroatoms. The van der Waals surface area contributed by atoms with Crippen molar-refractivity contribution in [2.24, 2.45) is 0 Å². The van der Waals surface area contributed by atoms with Gasteiger partial charge in [-0.25, -0.2) is 0 Å². The molecule has 0 unspecified atom stereocenters. The van der Waals surface area contributed by atoms with E-state index in [2.05, 4.69) is 10.3 Å². The number of nitrogens with two attached hydrogens (primary N) is 1. The SMILES string of the molecule is OCC[NH2+]CCc1ccncc1. The number of aliphatic hydroxyl groups excluding tert-OH is 1. The maximum Gasteiger partial charge on any atom is 0.0990 e. The fourth-order valence-corrected chi connectivity index (χ4v) is 1.05. The molecule has 3 nitrogen and oxygen atoms in total. The van der Waals surface area contributed by atoms with Gasteiger partial charge in [0.25, 0.3) is 0 Å². The normalized spacial score (nSPS) is 10.1. The zero-order valence-electron chi connectivity index (χ0n) is 7.11. The zero-order chi connectivity index (χ0) is 8.65. The number of pyridine rings is 1. The van der Waals surface area contributed by atoms with Crippen molar-refractivity contribution in [1.82, 2.24) is 4.98 Å². The highest BCUT2D eigenvalue weighted by Crippen LogP contribution is 1.94. The second-order valence-corrected chi connectivity index (χ2v) is 2.70. The van der Waals surface area contributed by atoms with Gasteiger partial charge in [0, 0.05) is 18.8 Å². The molecule has 1 aromatic heterocycles. The summed E-state index contributed by atoms with van der Waals surface area (Å²) in [6.45, 7) is 2.09. The Morgan fingerprint density at radius 3 is 2.67 bits per heavy atom. The lowest BCUT2D eigenvalue weighted by Crippen LogP contribution is -2.85. The van der Waals surface area contributed by atoms with Gasteiger partial charge in [0.05, 0.1) is 19.7 Å². The molecule has 0 radical (unpaired) electrons. The average Bonchev–Trinajstić information content (AvgIpc) is 2.14. The molecule has 0 bridgehead atoms. The Morgan fingerprint density at radius 1 is 1.25 bits per heavy atom. The summed E-state index contributed by atoms with van der Waals surface area (Å²) in [7, 11) is 0. The molecule has 0 spiro atoms. The molecule has 3 N–H and O–H groups in total. The molecule has 0 saturated carbocycles. The number of aromatic nitrogens is 1. The molecule has 1 heterocycles. The van der Waals surface area contributed by atoms with Crippen LogP contribution < -0.4 is 5.32 Å². The second-order valence-electron chi connectivity index (χ2n) is 2.70. The van der Waals surface area contributed by atoms with Crippen LogP contribution in [0.25, 0.3) is 0 Å². The summed E-state index contributed by atoms with van der Waals surface area (Å²) in [6.07, 6.45) is 4.66. The third-order valence-electron chi connectivity index (χ3n) is 1.72. The van der Waals surface area contributed by atoms with Crippen molar-refractivity contribution in [3.8, 4) is 0 Å². The predicted molar refractivity (Wildman–Crippen MR) is 46.7 cm³/mol. The Kier molecular flexibility index (Phi) is 4.34. The number of rotatable bonds is 5. The Bertz CT molecular complexity index is 201. The lowest BCUT2D eigenvalue weighted by Gasteiger charge is -1.99. The second kappa shape index (κ2) is 5.69. The minimum absolute atomic E-state index is 0.260. The average molecular weight is 167 g/mol. The van der Waals surface area contributed by atoms with Gasteiger partial charge in [0.15, 0.2) is 0 Å². The number of hydrogen-bond acceptors (Lipinski definition) is 2. The zero-order valence-corrected chi connectivity index (χ0v) is 7.11. The van der Waals surface area contributed by atoms with Crippen molar-refractivity contribution in [2.45, 2.75) is 6.42 Å². The highest BCUT2D eigenvalue weighted by molar-refractivity contribution is 5.09. The van der Waals surface area contributed by atoms with E-state index in [1.54, 1.807) is 12.4 Å². The quantitative estimate of drug-likeness (QED) is 0.563. The number of quaternary nitrogens is 1. The summed E-state index contributed by atoms with van der Waals surface area (Å²) in [5.41, 5.74) is 1.30. The van der Waals surface area contributed by atoms with Crippen molar-refractivity contribution >= 4 is 0 Å². The minimum Gasteiger partial charge on any atom is -0.391 e. The van der Waals surface area contributed by atoms with Gasteiger partial charge in [-0.15, -0.1) is 0 Å². The molecule has 0 aromatic carbocycles. The fraction of sp³-hybridized carbons (Fsp3) is 0.444. The maximum absolute atomic E-state index is 8.52. The smallest absolute Gasteiger partial charge is 0.0990 e. The van der Waals surface area contributed by atoms with Crippen LogP contribution in [-0.4, -0.2) is 29.8 Å². The van der Waals surface area contributed by atoms with Crippen molar-refractivity contribution in [1.29, 1.82) is 0 Å². The van der Waals surface area contributed by atoms with Crippen LogP contribution in [-0.2, 0) is 6.42 Å². The summed E-state index contributed by atoms with van der Waals surface area (Å²) >= 11 is 0. The molecular weight excluding hydrogens is 152 g/mol. The van der Waals surface area contributed by atoms with E-state index in [-0.39, 0.29) is 6.61 Å². The van der Waals surface area contributed by atoms with Crippen molar-refractivity contribution in [3.63, 3.8) is 0 Å². The predicted octanol–water partition coefficient (Wildman–Crippen LogP) is -0.820. The Balaban J connectivity index is 2.16. The Labute approximate surface area is 72.5 Å². The first-order chi connectivity index (χ1) is 5.93. The lowest BCUT2D eigenvalue weighted by molar-refractivity contribution is -0.655. The fourth-order valence-electron chi connectivity index (χ4n) is 1.05. The van der Waals surface area contributed by atoms with E-state index in [1.165, 1.54) is 5.56 Å². The molecule has 0 aliphatic heterocycles. The molecule has 0 aliphatic carbocycles. The molecule has 0 amide bonds. The Hall–Kier alpha value is -0.930. The molecule has 1 rings (SSSR count). The standard InChI is InChI=1S/C9H14N2O/c12-8-7-11-6-3-9-1-4-10-5-2-9/h1-2,4-5,11-12H,3,6-8H2/p+1. The van der Waals surface area contributed by atoms with Crippen LogP contribution >= 0.6 is 0 Å². The van der Waals surface area contributed by atoms with Gasteiger partial charge in [-0.3, -0.25) is 4.98 Å². The molecular formula is C9H15N2O+. The van der Waals surface area contributed by atoms with Crippen molar-refractivity contribution < 1.29 is 10.4 Å². The highest BCUT2D eigenvalue weighted by Gasteiger charge is 1.92. The summed E-state index contributed by atoms with van der Waals surface area (Å²) in [5, 5.41) is 10.6. The van der Waals surface area contributed by atoms with Gasteiger partial charge in [-0.2, -0.15) is 0 Å². The van der Waals surface area contributed by atoms with E-state index in [4.69, 9.17) is 5.11 Å². The Morgan fingerprint density at radius 2 is 2.00 bits per heavy atom. The third-order valence-corrected chi connectivity index (χ3v) is 1.72. The molecule has 12 heavy (non-hydrogen) atoms. The first kappa shape index (κ1) is 9.16. The van der Waals surface area contributed by atoms with Gasteiger partial charge < -0.3 is 10.4 Å². The molecule has 0 atom stereocenters. The molecule has 0 saturated heterocycles. The minimum atomic E-state index is 0.260. The van der Waals surface area contributed by atoms with Crippen LogP contribution in [0.5, 0.6) is 0 Å². The van der Waals surface area contributed by atoms with Crippen molar-refractivity contribution in [3.05, 3.63) is 30.1 Å². The summed E-state index contributed by atoms with van der Waals surface area (Å²) in [5.74, 6) is 0. The van der Waals surface area contributed by atoms with E-state index in [1.807, 2.05) is 12.1 Å². The van der Waals surface area contributed by atoms with E-state index < -0.39 is 0 Å². The molecule has 1 aromatic rings. The van der Waals surface area contributed by atoms with Crippen LogP contribution in [0.1, 0.15) is 5.56 Å². The van der Waals surface area contributed by atoms with Gasteiger partial charge >= 0.3 is 0 Å². The lowest BCUT2D eigenvalue weighted by atomic mass is 10.2. The van der Waals surface area contributed by atoms with Crippen LogP contribution in [0, 0.1) is 0 Å². The van der Waals surface area contributed by atoms with Crippen LogP contribution in [0.3, 0.4) is 0 Å². The van der Waals surface area contributed by atoms with E-state index >= 15 is 0 Å². The van der Waals surface area contributed by atoms with Crippen LogP contribution in [0.4, 0.5) is 0 Å². The molecule has 0 aliphatic rings. The maximum atomic E-state index is 8.52. The van der Waals surface area contributed by atoms with Crippen molar-refractivity contribution in [2.75, 3.05) is 19.7 Å².